The van der Waals surface area contributed by atoms with Crippen LogP contribution in [-0.2, 0) is 4.79 Å². The Bertz CT molecular complexity index is 185. The molecule has 0 aliphatic carbocycles. The van der Waals surface area contributed by atoms with E-state index in [0.29, 0.717) is 19.0 Å². The standard InChI is InChI=1S/C9H17NO2/c1-6(2)7(3)9(8(11)12)4-10-5-9/h6-7,10H,4-5H2,1-3H3,(H,11,12). The van der Waals surface area contributed by atoms with Gasteiger partial charge in [-0.05, 0) is 11.8 Å². The maximum atomic E-state index is 11.0. The molecule has 0 aromatic carbocycles. The van der Waals surface area contributed by atoms with E-state index in [0.717, 1.165) is 0 Å². The van der Waals surface area contributed by atoms with E-state index in [1.165, 1.54) is 0 Å². The summed E-state index contributed by atoms with van der Waals surface area (Å²) in [5.41, 5.74) is -0.492. The molecule has 1 aliphatic heterocycles. The maximum Gasteiger partial charge on any atom is 0.312 e. The van der Waals surface area contributed by atoms with Gasteiger partial charge in [0.1, 0.15) is 0 Å². The monoisotopic (exact) mass is 171 g/mol. The van der Waals surface area contributed by atoms with Gasteiger partial charge in [-0.15, -0.1) is 0 Å². The number of hydrogen-bond acceptors (Lipinski definition) is 2. The van der Waals surface area contributed by atoms with Gasteiger partial charge in [0.2, 0.25) is 0 Å². The summed E-state index contributed by atoms with van der Waals surface area (Å²) in [6, 6.07) is 0. The van der Waals surface area contributed by atoms with Crippen molar-refractivity contribution >= 4 is 5.97 Å². The van der Waals surface area contributed by atoms with Crippen molar-refractivity contribution in [2.24, 2.45) is 17.3 Å². The Morgan fingerprint density at radius 3 is 2.00 bits per heavy atom. The highest BCUT2D eigenvalue weighted by Gasteiger charge is 2.49. The van der Waals surface area contributed by atoms with Crippen molar-refractivity contribution in [1.82, 2.24) is 5.32 Å². The Kier molecular flexibility index (Phi) is 2.42. The lowest BCUT2D eigenvalue weighted by molar-refractivity contribution is -0.157. The molecule has 1 rings (SSSR count). The molecule has 3 heteroatoms. The van der Waals surface area contributed by atoms with Gasteiger partial charge in [-0.2, -0.15) is 0 Å². The summed E-state index contributed by atoms with van der Waals surface area (Å²) in [4.78, 5) is 11.0. The van der Waals surface area contributed by atoms with Crippen LogP contribution in [0.3, 0.4) is 0 Å². The van der Waals surface area contributed by atoms with E-state index in [-0.39, 0.29) is 5.92 Å². The third-order valence-corrected chi connectivity index (χ3v) is 3.18. The molecule has 1 atom stereocenters. The normalized spacial score (nSPS) is 23.3. The second kappa shape index (κ2) is 3.05. The van der Waals surface area contributed by atoms with Gasteiger partial charge in [-0.3, -0.25) is 4.79 Å². The minimum Gasteiger partial charge on any atom is -0.481 e. The summed E-state index contributed by atoms with van der Waals surface area (Å²) < 4.78 is 0. The van der Waals surface area contributed by atoms with Gasteiger partial charge >= 0.3 is 5.97 Å². The van der Waals surface area contributed by atoms with Crippen molar-refractivity contribution in [2.75, 3.05) is 13.1 Å². The molecule has 1 aliphatic rings. The van der Waals surface area contributed by atoms with Gasteiger partial charge in [0.05, 0.1) is 5.41 Å². The smallest absolute Gasteiger partial charge is 0.312 e. The molecule has 0 aromatic heterocycles. The SMILES string of the molecule is CC(C)C(C)C1(C(=O)O)CNC1. The number of aliphatic carboxylic acids is 1. The highest BCUT2D eigenvalue weighted by molar-refractivity contribution is 5.77. The van der Waals surface area contributed by atoms with Crippen LogP contribution in [0.1, 0.15) is 20.8 Å². The van der Waals surface area contributed by atoms with E-state index in [1.807, 2.05) is 6.92 Å². The van der Waals surface area contributed by atoms with E-state index < -0.39 is 11.4 Å². The minimum absolute atomic E-state index is 0.247. The topological polar surface area (TPSA) is 49.3 Å². The number of carbonyl (C=O) groups is 1. The van der Waals surface area contributed by atoms with Crippen molar-refractivity contribution in [2.45, 2.75) is 20.8 Å². The van der Waals surface area contributed by atoms with Gasteiger partial charge in [-0.25, -0.2) is 0 Å². The number of hydrogen-bond donors (Lipinski definition) is 2. The van der Waals surface area contributed by atoms with Crippen molar-refractivity contribution in [1.29, 1.82) is 0 Å². The zero-order valence-electron chi connectivity index (χ0n) is 7.92. The first-order valence-corrected chi connectivity index (χ1v) is 4.45. The van der Waals surface area contributed by atoms with Crippen LogP contribution in [0, 0.1) is 17.3 Å². The lowest BCUT2D eigenvalue weighted by Gasteiger charge is -2.45. The van der Waals surface area contributed by atoms with Crippen LogP contribution in [0.5, 0.6) is 0 Å². The van der Waals surface area contributed by atoms with E-state index in [4.69, 9.17) is 5.11 Å². The number of carboxylic acids is 1. The van der Waals surface area contributed by atoms with Gasteiger partial charge < -0.3 is 10.4 Å². The van der Waals surface area contributed by atoms with Crippen LogP contribution < -0.4 is 5.32 Å². The van der Waals surface area contributed by atoms with Crippen molar-refractivity contribution in [3.8, 4) is 0 Å². The zero-order chi connectivity index (χ0) is 9.35. The first-order valence-electron chi connectivity index (χ1n) is 4.45. The average Bonchev–Trinajstić information content (AvgIpc) is 1.83. The van der Waals surface area contributed by atoms with Crippen molar-refractivity contribution in [3.05, 3.63) is 0 Å². The summed E-state index contributed by atoms with van der Waals surface area (Å²) in [6.45, 7) is 7.43. The zero-order valence-corrected chi connectivity index (χ0v) is 7.92. The highest BCUT2D eigenvalue weighted by Crippen LogP contribution is 2.36. The highest BCUT2D eigenvalue weighted by atomic mass is 16.4. The third-order valence-electron chi connectivity index (χ3n) is 3.18. The molecule has 1 heterocycles. The van der Waals surface area contributed by atoms with Crippen molar-refractivity contribution < 1.29 is 9.90 Å². The Morgan fingerprint density at radius 1 is 1.42 bits per heavy atom. The van der Waals surface area contributed by atoms with Gasteiger partial charge in [0.15, 0.2) is 0 Å². The predicted molar refractivity (Wildman–Crippen MR) is 46.9 cm³/mol. The molecule has 1 saturated heterocycles. The molecule has 3 nitrogen and oxygen atoms in total. The molecule has 0 spiro atoms. The second-order valence-electron chi connectivity index (χ2n) is 4.10. The maximum absolute atomic E-state index is 11.0. The molecule has 2 N–H and O–H groups in total. The minimum atomic E-state index is -0.651. The summed E-state index contributed by atoms with van der Waals surface area (Å²) in [6.07, 6.45) is 0. The first kappa shape index (κ1) is 9.52. The van der Waals surface area contributed by atoms with Crippen LogP contribution in [0.4, 0.5) is 0 Å². The van der Waals surface area contributed by atoms with Crippen LogP contribution in [-0.4, -0.2) is 24.2 Å². The lowest BCUT2D eigenvalue weighted by atomic mass is 9.67. The first-order chi connectivity index (χ1) is 5.50. The van der Waals surface area contributed by atoms with Gasteiger partial charge in [-0.1, -0.05) is 20.8 Å². The Hall–Kier alpha value is -0.570. The fourth-order valence-corrected chi connectivity index (χ4v) is 1.70. The number of rotatable bonds is 3. The van der Waals surface area contributed by atoms with Crippen LogP contribution in [0.2, 0.25) is 0 Å². The molecule has 0 amide bonds. The lowest BCUT2D eigenvalue weighted by Crippen LogP contribution is -2.62. The fourth-order valence-electron chi connectivity index (χ4n) is 1.70. The average molecular weight is 171 g/mol. The summed E-state index contributed by atoms with van der Waals surface area (Å²) in [5, 5.41) is 12.1. The predicted octanol–water partition coefficient (Wildman–Crippen LogP) is 0.953. The molecule has 1 unspecified atom stereocenters. The molecular weight excluding hydrogens is 154 g/mol. The third kappa shape index (κ3) is 1.22. The molecule has 70 valence electrons. The second-order valence-corrected chi connectivity index (χ2v) is 4.10. The molecule has 1 fully saturated rings. The number of nitrogens with one attached hydrogen (secondary N) is 1. The summed E-state index contributed by atoms with van der Waals surface area (Å²) in [5.74, 6) is 0.0295. The van der Waals surface area contributed by atoms with Crippen LogP contribution in [0.25, 0.3) is 0 Å². The van der Waals surface area contributed by atoms with Crippen LogP contribution >= 0.6 is 0 Å². The summed E-state index contributed by atoms with van der Waals surface area (Å²) in [7, 11) is 0. The fraction of sp³-hybridized carbons (Fsp3) is 0.889. The molecule has 0 bridgehead atoms. The van der Waals surface area contributed by atoms with Crippen molar-refractivity contribution in [3.63, 3.8) is 0 Å². The van der Waals surface area contributed by atoms with Gasteiger partial charge in [0.25, 0.3) is 0 Å². The quantitative estimate of drug-likeness (QED) is 0.664. The Labute approximate surface area is 73.2 Å². The Morgan fingerprint density at radius 2 is 1.92 bits per heavy atom. The summed E-state index contributed by atoms with van der Waals surface area (Å²) >= 11 is 0. The van der Waals surface area contributed by atoms with Gasteiger partial charge in [0, 0.05) is 13.1 Å². The Balaban J connectivity index is 2.73. The van der Waals surface area contributed by atoms with E-state index in [2.05, 4.69) is 19.2 Å². The number of carboxylic acid groups (broad SMARTS) is 1. The molecular formula is C9H17NO2. The van der Waals surface area contributed by atoms with E-state index >= 15 is 0 Å². The van der Waals surface area contributed by atoms with E-state index in [9.17, 15) is 4.79 Å². The molecule has 12 heavy (non-hydrogen) atoms. The van der Waals surface area contributed by atoms with Crippen LogP contribution in [0.15, 0.2) is 0 Å². The largest absolute Gasteiger partial charge is 0.481 e. The molecule has 0 radical (unpaired) electrons. The molecule has 0 saturated carbocycles. The van der Waals surface area contributed by atoms with E-state index in [1.54, 1.807) is 0 Å². The molecule has 0 aromatic rings.